The van der Waals surface area contributed by atoms with Gasteiger partial charge in [0, 0.05) is 46.8 Å². The van der Waals surface area contributed by atoms with Crippen molar-refractivity contribution >= 4 is 11.8 Å². The molecular weight excluding hydrogens is 236 g/mol. The molecule has 0 saturated carbocycles. The van der Waals surface area contributed by atoms with Crippen molar-refractivity contribution in [3.8, 4) is 0 Å². The van der Waals surface area contributed by atoms with Crippen LogP contribution in [0.4, 0.5) is 0 Å². The number of hydrogen-bond acceptors (Lipinski definition) is 4. The van der Waals surface area contributed by atoms with Crippen molar-refractivity contribution in [1.82, 2.24) is 10.6 Å². The zero-order valence-corrected chi connectivity index (χ0v) is 11.3. The van der Waals surface area contributed by atoms with Gasteiger partial charge in [-0.05, 0) is 12.8 Å². The third-order valence-corrected chi connectivity index (χ3v) is 2.29. The van der Waals surface area contributed by atoms with E-state index in [1.54, 1.807) is 14.2 Å². The van der Waals surface area contributed by atoms with Gasteiger partial charge in [-0.3, -0.25) is 9.59 Å². The summed E-state index contributed by atoms with van der Waals surface area (Å²) in [5, 5.41) is 5.25. The number of carbonyl (C=O) groups excluding carboxylic acids is 2. The molecule has 0 aliphatic heterocycles. The van der Waals surface area contributed by atoms with Crippen molar-refractivity contribution in [2.45, 2.75) is 25.7 Å². The van der Waals surface area contributed by atoms with E-state index in [1.807, 2.05) is 0 Å². The third kappa shape index (κ3) is 11.3. The lowest BCUT2D eigenvalue weighted by molar-refractivity contribution is -0.122. The normalized spacial score (nSPS) is 10.1. The van der Waals surface area contributed by atoms with E-state index in [2.05, 4.69) is 10.6 Å². The van der Waals surface area contributed by atoms with Gasteiger partial charge in [0.25, 0.3) is 0 Å². The molecule has 0 spiro atoms. The molecule has 0 saturated heterocycles. The minimum atomic E-state index is -0.0422. The second-order valence-electron chi connectivity index (χ2n) is 3.84. The second-order valence-corrected chi connectivity index (χ2v) is 3.84. The number of carbonyl (C=O) groups is 2. The van der Waals surface area contributed by atoms with E-state index in [0.717, 1.165) is 6.42 Å². The van der Waals surface area contributed by atoms with Crippen LogP contribution >= 0.6 is 0 Å². The van der Waals surface area contributed by atoms with Crippen LogP contribution in [0.5, 0.6) is 0 Å². The highest BCUT2D eigenvalue weighted by molar-refractivity contribution is 5.78. The first-order chi connectivity index (χ1) is 8.70. The monoisotopic (exact) mass is 260 g/mol. The van der Waals surface area contributed by atoms with Gasteiger partial charge in [-0.1, -0.05) is 0 Å². The molecule has 0 unspecified atom stereocenters. The Hall–Kier alpha value is -1.14. The van der Waals surface area contributed by atoms with Gasteiger partial charge in [-0.2, -0.15) is 0 Å². The SMILES string of the molecule is CNC(=O)CCCC(=O)NCCOCCCOC. The Morgan fingerprint density at radius 1 is 1.00 bits per heavy atom. The van der Waals surface area contributed by atoms with E-state index in [4.69, 9.17) is 9.47 Å². The molecule has 0 rings (SSSR count). The maximum atomic E-state index is 11.3. The Bertz CT molecular complexity index is 234. The fraction of sp³-hybridized carbons (Fsp3) is 0.833. The average molecular weight is 260 g/mol. The molecular formula is C12H24N2O4. The van der Waals surface area contributed by atoms with Crippen molar-refractivity contribution in [3.63, 3.8) is 0 Å². The van der Waals surface area contributed by atoms with Crippen LogP contribution in [0.25, 0.3) is 0 Å². The van der Waals surface area contributed by atoms with Crippen molar-refractivity contribution < 1.29 is 19.1 Å². The summed E-state index contributed by atoms with van der Waals surface area (Å²) in [6, 6.07) is 0. The number of methoxy groups -OCH3 is 1. The van der Waals surface area contributed by atoms with Crippen LogP contribution in [0.15, 0.2) is 0 Å². The van der Waals surface area contributed by atoms with Crippen molar-refractivity contribution in [2.24, 2.45) is 0 Å². The molecule has 2 amide bonds. The van der Waals surface area contributed by atoms with Crippen LogP contribution in [0, 0.1) is 0 Å². The molecule has 6 nitrogen and oxygen atoms in total. The van der Waals surface area contributed by atoms with Crippen LogP contribution in [0.3, 0.4) is 0 Å². The minimum absolute atomic E-state index is 0.0377. The predicted molar refractivity (Wildman–Crippen MR) is 68.2 cm³/mol. The number of rotatable bonds is 11. The average Bonchev–Trinajstić information content (AvgIpc) is 2.37. The van der Waals surface area contributed by atoms with Gasteiger partial charge < -0.3 is 20.1 Å². The van der Waals surface area contributed by atoms with E-state index in [1.165, 1.54) is 0 Å². The first-order valence-electron chi connectivity index (χ1n) is 6.24. The summed E-state index contributed by atoms with van der Waals surface area (Å²) in [5.74, 6) is -0.0799. The standard InChI is InChI=1S/C12H24N2O4/c1-13-11(15)5-3-6-12(16)14-7-10-18-9-4-8-17-2/h3-10H2,1-2H3,(H,13,15)(H,14,16). The van der Waals surface area contributed by atoms with Crippen molar-refractivity contribution in [3.05, 3.63) is 0 Å². The van der Waals surface area contributed by atoms with E-state index in [-0.39, 0.29) is 11.8 Å². The Kier molecular flexibility index (Phi) is 11.5. The summed E-state index contributed by atoms with van der Waals surface area (Å²) in [5.41, 5.74) is 0. The highest BCUT2D eigenvalue weighted by atomic mass is 16.5. The predicted octanol–water partition coefficient (Wildman–Crippen LogP) is 0.0720. The molecule has 0 atom stereocenters. The van der Waals surface area contributed by atoms with E-state index in [9.17, 15) is 9.59 Å². The van der Waals surface area contributed by atoms with E-state index in [0.29, 0.717) is 45.6 Å². The smallest absolute Gasteiger partial charge is 0.220 e. The summed E-state index contributed by atoms with van der Waals surface area (Å²) < 4.78 is 10.2. The van der Waals surface area contributed by atoms with E-state index < -0.39 is 0 Å². The number of amides is 2. The molecule has 0 radical (unpaired) electrons. The van der Waals surface area contributed by atoms with Gasteiger partial charge >= 0.3 is 0 Å². The lowest BCUT2D eigenvalue weighted by Crippen LogP contribution is -2.27. The lowest BCUT2D eigenvalue weighted by Gasteiger charge is -2.06. The number of hydrogen-bond donors (Lipinski definition) is 2. The maximum Gasteiger partial charge on any atom is 0.220 e. The molecule has 0 heterocycles. The van der Waals surface area contributed by atoms with Crippen LogP contribution in [-0.4, -0.2) is 52.3 Å². The summed E-state index contributed by atoms with van der Waals surface area (Å²) in [7, 11) is 3.24. The third-order valence-electron chi connectivity index (χ3n) is 2.29. The Balaban J connectivity index is 3.24. The van der Waals surface area contributed by atoms with Gasteiger partial charge in [-0.25, -0.2) is 0 Å². The molecule has 0 bridgehead atoms. The minimum Gasteiger partial charge on any atom is -0.385 e. The number of nitrogens with one attached hydrogen (secondary N) is 2. The van der Waals surface area contributed by atoms with Gasteiger partial charge in [0.1, 0.15) is 0 Å². The van der Waals surface area contributed by atoms with Crippen LogP contribution in [-0.2, 0) is 19.1 Å². The van der Waals surface area contributed by atoms with Crippen molar-refractivity contribution in [1.29, 1.82) is 0 Å². The summed E-state index contributed by atoms with van der Waals surface area (Å²) >= 11 is 0. The van der Waals surface area contributed by atoms with Crippen LogP contribution < -0.4 is 10.6 Å². The van der Waals surface area contributed by atoms with Gasteiger partial charge in [0.2, 0.25) is 11.8 Å². The molecule has 0 aliphatic rings. The first-order valence-corrected chi connectivity index (χ1v) is 6.24. The molecule has 18 heavy (non-hydrogen) atoms. The Morgan fingerprint density at radius 3 is 2.39 bits per heavy atom. The second kappa shape index (κ2) is 12.3. The molecule has 6 heteroatoms. The number of ether oxygens (including phenoxy) is 2. The lowest BCUT2D eigenvalue weighted by atomic mass is 10.2. The molecule has 0 aromatic rings. The van der Waals surface area contributed by atoms with Crippen molar-refractivity contribution in [2.75, 3.05) is 40.5 Å². The van der Waals surface area contributed by atoms with Crippen LogP contribution in [0.2, 0.25) is 0 Å². The summed E-state index contributed by atoms with van der Waals surface area (Å²) in [6.45, 7) is 2.34. The van der Waals surface area contributed by atoms with Crippen LogP contribution in [0.1, 0.15) is 25.7 Å². The quantitative estimate of drug-likeness (QED) is 0.516. The fourth-order valence-corrected chi connectivity index (χ4v) is 1.29. The summed E-state index contributed by atoms with van der Waals surface area (Å²) in [6.07, 6.45) is 2.19. The van der Waals surface area contributed by atoms with Gasteiger partial charge in [0.15, 0.2) is 0 Å². The Morgan fingerprint density at radius 2 is 1.72 bits per heavy atom. The molecule has 0 fully saturated rings. The zero-order valence-electron chi connectivity index (χ0n) is 11.3. The first kappa shape index (κ1) is 16.9. The molecule has 0 aromatic carbocycles. The van der Waals surface area contributed by atoms with Gasteiger partial charge in [0.05, 0.1) is 6.61 Å². The fourth-order valence-electron chi connectivity index (χ4n) is 1.29. The highest BCUT2D eigenvalue weighted by Gasteiger charge is 2.03. The Labute approximate surface area is 108 Å². The van der Waals surface area contributed by atoms with E-state index >= 15 is 0 Å². The molecule has 106 valence electrons. The largest absolute Gasteiger partial charge is 0.385 e. The van der Waals surface area contributed by atoms with Gasteiger partial charge in [-0.15, -0.1) is 0 Å². The zero-order chi connectivity index (χ0) is 13.6. The topological polar surface area (TPSA) is 76.7 Å². The summed E-state index contributed by atoms with van der Waals surface area (Å²) in [4.78, 5) is 22.2. The molecule has 2 N–H and O–H groups in total. The molecule has 0 aliphatic carbocycles. The highest BCUT2D eigenvalue weighted by Crippen LogP contribution is 1.94. The maximum absolute atomic E-state index is 11.3. The molecule has 0 aromatic heterocycles.